The zero-order valence-corrected chi connectivity index (χ0v) is 24.4. The molecule has 0 amide bonds. The summed E-state index contributed by atoms with van der Waals surface area (Å²) >= 11 is 9.41. The molecule has 4 aliphatic rings. The number of isothiocyanates is 2. The van der Waals surface area contributed by atoms with Crippen LogP contribution in [-0.4, -0.2) is 22.4 Å². The van der Waals surface area contributed by atoms with Gasteiger partial charge < -0.3 is 0 Å². The van der Waals surface area contributed by atoms with Crippen molar-refractivity contribution in [2.45, 2.75) is 148 Å². The Balaban J connectivity index is 0.000000196. The predicted octanol–water partition coefficient (Wildman–Crippen LogP) is 10.1. The van der Waals surface area contributed by atoms with Crippen molar-refractivity contribution in [2.75, 3.05) is 0 Å². The van der Waals surface area contributed by atoms with Crippen LogP contribution in [0.2, 0.25) is 0 Å². The van der Waals surface area contributed by atoms with E-state index in [2.05, 4.69) is 34.2 Å². The molecule has 4 aliphatic carbocycles. The summed E-state index contributed by atoms with van der Waals surface area (Å²) in [4.78, 5) is 8.52. The first-order valence-corrected chi connectivity index (χ1v) is 16.1. The lowest BCUT2D eigenvalue weighted by Crippen LogP contribution is -2.26. The molecule has 0 aromatic carbocycles. The van der Waals surface area contributed by atoms with Gasteiger partial charge in [0, 0.05) is 0 Å². The highest BCUT2D eigenvalue weighted by Gasteiger charge is 2.31. The van der Waals surface area contributed by atoms with Gasteiger partial charge in [-0.2, -0.15) is 0 Å². The Morgan fingerprint density at radius 1 is 0.514 bits per heavy atom. The van der Waals surface area contributed by atoms with Crippen molar-refractivity contribution < 1.29 is 0 Å². The van der Waals surface area contributed by atoms with E-state index in [9.17, 15) is 0 Å². The Hall–Kier alpha value is -0.400. The van der Waals surface area contributed by atoms with E-state index in [1.165, 1.54) is 122 Å². The summed E-state index contributed by atoms with van der Waals surface area (Å²) in [7, 11) is 0. The highest BCUT2D eigenvalue weighted by Crippen LogP contribution is 2.42. The minimum atomic E-state index is 0.496. The molecule has 0 aromatic heterocycles. The first-order chi connectivity index (χ1) is 17.2. The monoisotopic (exact) mass is 516 g/mol. The van der Waals surface area contributed by atoms with E-state index < -0.39 is 0 Å². The zero-order valence-electron chi connectivity index (χ0n) is 22.8. The van der Waals surface area contributed by atoms with Crippen molar-refractivity contribution in [3.63, 3.8) is 0 Å². The van der Waals surface area contributed by atoms with Gasteiger partial charge in [-0.1, -0.05) is 58.8 Å². The third kappa shape index (κ3) is 9.77. The molecule has 0 aliphatic heterocycles. The number of aliphatic imine (C=N–C) groups is 2. The third-order valence-corrected chi connectivity index (χ3v) is 10.6. The Labute approximate surface area is 227 Å². The van der Waals surface area contributed by atoms with E-state index in [0.717, 1.165) is 35.5 Å². The topological polar surface area (TPSA) is 24.7 Å². The minimum absolute atomic E-state index is 0.496. The normalized spacial score (nSPS) is 37.7. The van der Waals surface area contributed by atoms with Crippen molar-refractivity contribution in [1.82, 2.24) is 0 Å². The second-order valence-electron chi connectivity index (χ2n) is 12.3. The van der Waals surface area contributed by atoms with Crippen LogP contribution in [0.5, 0.6) is 0 Å². The summed E-state index contributed by atoms with van der Waals surface area (Å²) in [5.74, 6) is 6.10. The van der Waals surface area contributed by atoms with Gasteiger partial charge in [0.15, 0.2) is 0 Å². The van der Waals surface area contributed by atoms with Crippen LogP contribution in [0.25, 0.3) is 0 Å². The van der Waals surface area contributed by atoms with Gasteiger partial charge in [0.2, 0.25) is 0 Å². The summed E-state index contributed by atoms with van der Waals surface area (Å²) < 4.78 is 0. The second-order valence-corrected chi connectivity index (χ2v) is 12.7. The van der Waals surface area contributed by atoms with E-state index in [-0.39, 0.29) is 0 Å². The van der Waals surface area contributed by atoms with E-state index in [0.29, 0.717) is 12.1 Å². The quantitative estimate of drug-likeness (QED) is 0.248. The lowest BCUT2D eigenvalue weighted by Gasteiger charge is -2.37. The molecule has 0 radical (unpaired) electrons. The smallest absolute Gasteiger partial charge is 0.0603 e. The van der Waals surface area contributed by atoms with Crippen molar-refractivity contribution in [2.24, 2.45) is 45.5 Å². The Morgan fingerprint density at radius 3 is 1.17 bits per heavy atom. The van der Waals surface area contributed by atoms with Gasteiger partial charge in [-0.05, 0) is 137 Å². The highest BCUT2D eigenvalue weighted by molar-refractivity contribution is 7.78. The molecule has 198 valence electrons. The van der Waals surface area contributed by atoms with Crippen molar-refractivity contribution in [3.8, 4) is 0 Å². The number of nitrogens with zero attached hydrogens (tertiary/aromatic N) is 2. The fourth-order valence-electron chi connectivity index (χ4n) is 7.98. The molecule has 2 nitrogen and oxygen atoms in total. The lowest BCUT2D eigenvalue weighted by molar-refractivity contribution is 0.157. The molecule has 4 rings (SSSR count). The van der Waals surface area contributed by atoms with Crippen molar-refractivity contribution in [1.29, 1.82) is 0 Å². The standard InChI is InChI=1S/C16H27NS.C15H25NS/c1-2-3-13-4-6-14(7-5-13)15-8-10-16(11-9-15)17-12-18;1-2-12-3-5-13(6-4-12)14-7-9-15(10-8-14)16-11-17/h13-16H,2-11H2,1H3;12-15H,2-10H2,1H3. The maximum absolute atomic E-state index is 4.71. The fraction of sp³-hybridized carbons (Fsp3) is 0.935. The minimum Gasteiger partial charge on any atom is -0.229 e. The van der Waals surface area contributed by atoms with Crippen molar-refractivity contribution >= 4 is 34.8 Å². The van der Waals surface area contributed by atoms with Gasteiger partial charge in [0.1, 0.15) is 0 Å². The van der Waals surface area contributed by atoms with Crippen LogP contribution < -0.4 is 0 Å². The Bertz CT molecular complexity index is 664. The molecular weight excluding hydrogens is 464 g/mol. The SMILES string of the molecule is CCC1CCC(C2CCC(N=C=S)CC2)CC1.CCCC1CCC(C2CCC(N=C=S)CC2)CC1. The molecule has 0 bridgehead atoms. The highest BCUT2D eigenvalue weighted by atomic mass is 32.1. The van der Waals surface area contributed by atoms with E-state index in [4.69, 9.17) is 24.4 Å². The van der Waals surface area contributed by atoms with Crippen molar-refractivity contribution in [3.05, 3.63) is 0 Å². The van der Waals surface area contributed by atoms with Crippen LogP contribution >= 0.6 is 24.4 Å². The molecule has 0 unspecified atom stereocenters. The summed E-state index contributed by atoms with van der Waals surface area (Å²) in [5, 5.41) is 5.11. The van der Waals surface area contributed by atoms with Gasteiger partial charge in [0.05, 0.1) is 22.4 Å². The van der Waals surface area contributed by atoms with Crippen LogP contribution in [0.1, 0.15) is 136 Å². The molecule has 0 saturated heterocycles. The average molecular weight is 517 g/mol. The van der Waals surface area contributed by atoms with Crippen LogP contribution in [0.3, 0.4) is 0 Å². The number of hydrogen-bond donors (Lipinski definition) is 0. The average Bonchev–Trinajstić information content (AvgIpc) is 2.91. The molecule has 0 spiro atoms. The number of rotatable bonds is 7. The first-order valence-electron chi connectivity index (χ1n) is 15.3. The van der Waals surface area contributed by atoms with Crippen LogP contribution in [0.4, 0.5) is 0 Å². The maximum Gasteiger partial charge on any atom is 0.0603 e. The van der Waals surface area contributed by atoms with Gasteiger partial charge in [-0.25, -0.2) is 9.98 Å². The van der Waals surface area contributed by atoms with Gasteiger partial charge in [0.25, 0.3) is 0 Å². The molecular formula is C31H52N2S2. The molecule has 4 heteroatoms. The first kappa shape index (κ1) is 29.2. The Kier molecular flexibility index (Phi) is 13.7. The van der Waals surface area contributed by atoms with E-state index >= 15 is 0 Å². The molecule has 0 atom stereocenters. The summed E-state index contributed by atoms with van der Waals surface area (Å²) in [5.41, 5.74) is 0. The van der Waals surface area contributed by atoms with E-state index in [1.54, 1.807) is 0 Å². The van der Waals surface area contributed by atoms with Gasteiger partial charge in [-0.15, -0.1) is 0 Å². The molecule has 4 fully saturated rings. The molecule has 35 heavy (non-hydrogen) atoms. The van der Waals surface area contributed by atoms with Crippen LogP contribution in [0, 0.1) is 35.5 Å². The maximum atomic E-state index is 4.71. The van der Waals surface area contributed by atoms with Gasteiger partial charge in [-0.3, -0.25) is 0 Å². The number of thiocarbonyl (C=S) groups is 2. The summed E-state index contributed by atoms with van der Waals surface area (Å²) in [6, 6.07) is 0.992. The van der Waals surface area contributed by atoms with Crippen LogP contribution in [-0.2, 0) is 0 Å². The molecule has 4 saturated carbocycles. The second kappa shape index (κ2) is 16.4. The zero-order chi connectivity index (χ0) is 24.9. The van der Waals surface area contributed by atoms with E-state index in [1.807, 2.05) is 0 Å². The summed E-state index contributed by atoms with van der Waals surface area (Å²) in [6.45, 7) is 4.67. The Morgan fingerprint density at radius 2 is 0.857 bits per heavy atom. The van der Waals surface area contributed by atoms with Crippen LogP contribution in [0.15, 0.2) is 9.98 Å². The molecule has 0 heterocycles. The van der Waals surface area contributed by atoms with Gasteiger partial charge >= 0.3 is 0 Å². The molecule has 0 aromatic rings. The lowest BCUT2D eigenvalue weighted by atomic mass is 9.70. The third-order valence-electron chi connectivity index (χ3n) is 10.3. The largest absolute Gasteiger partial charge is 0.229 e. The predicted molar refractivity (Wildman–Crippen MR) is 158 cm³/mol. The number of hydrogen-bond acceptors (Lipinski definition) is 4. The summed E-state index contributed by atoms with van der Waals surface area (Å²) in [6.07, 6.45) is 26.7. The fourth-order valence-corrected chi connectivity index (χ4v) is 8.28. The molecule has 0 N–H and O–H groups in total.